The van der Waals surface area contributed by atoms with Crippen LogP contribution in [0.2, 0.25) is 0 Å². The maximum absolute atomic E-state index is 11.4. The SMILES string of the molecule is Cc1nc(C=O)nc2c1CS(=O)(=O)CC2. The lowest BCUT2D eigenvalue weighted by Gasteiger charge is -2.16. The predicted molar refractivity (Wildman–Crippen MR) is 53.4 cm³/mol. The molecule has 5 nitrogen and oxygen atoms in total. The van der Waals surface area contributed by atoms with Gasteiger partial charge in [-0.1, -0.05) is 0 Å². The Morgan fingerprint density at radius 3 is 2.73 bits per heavy atom. The monoisotopic (exact) mass is 226 g/mol. The van der Waals surface area contributed by atoms with Crippen molar-refractivity contribution < 1.29 is 13.2 Å². The third-order valence-corrected chi connectivity index (χ3v) is 3.99. The molecule has 0 aromatic carbocycles. The summed E-state index contributed by atoms with van der Waals surface area (Å²) in [6.45, 7) is 1.70. The zero-order valence-electron chi connectivity index (χ0n) is 8.23. The summed E-state index contributed by atoms with van der Waals surface area (Å²) in [6.07, 6.45) is 0.957. The normalized spacial score (nSPS) is 18.2. The van der Waals surface area contributed by atoms with E-state index in [2.05, 4.69) is 9.97 Å². The topological polar surface area (TPSA) is 77.0 Å². The average Bonchev–Trinajstić information content (AvgIpc) is 2.18. The molecule has 0 saturated heterocycles. The van der Waals surface area contributed by atoms with Crippen molar-refractivity contribution in [2.75, 3.05) is 5.75 Å². The lowest BCUT2D eigenvalue weighted by Crippen LogP contribution is -2.22. The highest BCUT2D eigenvalue weighted by atomic mass is 32.2. The van der Waals surface area contributed by atoms with E-state index >= 15 is 0 Å². The van der Waals surface area contributed by atoms with Crippen molar-refractivity contribution in [3.05, 3.63) is 22.8 Å². The van der Waals surface area contributed by atoms with Crippen LogP contribution in [0.1, 0.15) is 27.6 Å². The van der Waals surface area contributed by atoms with Gasteiger partial charge >= 0.3 is 0 Å². The van der Waals surface area contributed by atoms with Crippen molar-refractivity contribution in [1.29, 1.82) is 0 Å². The van der Waals surface area contributed by atoms with Crippen LogP contribution in [0.5, 0.6) is 0 Å². The largest absolute Gasteiger partial charge is 0.294 e. The maximum atomic E-state index is 11.4. The van der Waals surface area contributed by atoms with Gasteiger partial charge < -0.3 is 0 Å². The Labute approximate surface area is 87.5 Å². The van der Waals surface area contributed by atoms with E-state index in [1.165, 1.54) is 0 Å². The molecule has 0 amide bonds. The van der Waals surface area contributed by atoms with Crippen molar-refractivity contribution in [2.45, 2.75) is 19.1 Å². The lowest BCUT2D eigenvalue weighted by molar-refractivity contribution is 0.111. The fourth-order valence-electron chi connectivity index (χ4n) is 1.67. The molecule has 1 aliphatic rings. The number of nitrogens with zero attached hydrogens (tertiary/aromatic N) is 2. The van der Waals surface area contributed by atoms with Crippen LogP contribution in [-0.2, 0) is 22.0 Å². The third-order valence-electron chi connectivity index (χ3n) is 2.44. The van der Waals surface area contributed by atoms with Crippen LogP contribution in [-0.4, -0.2) is 30.4 Å². The van der Waals surface area contributed by atoms with Gasteiger partial charge in [-0.05, 0) is 6.92 Å². The van der Waals surface area contributed by atoms with Crippen LogP contribution in [0.4, 0.5) is 0 Å². The number of aldehydes is 1. The predicted octanol–water partition coefficient (Wildman–Crippen LogP) is 0.0684. The van der Waals surface area contributed by atoms with Crippen LogP contribution in [0.15, 0.2) is 0 Å². The van der Waals surface area contributed by atoms with Crippen LogP contribution >= 0.6 is 0 Å². The van der Waals surface area contributed by atoms with Gasteiger partial charge in [0.2, 0.25) is 0 Å². The maximum Gasteiger partial charge on any atom is 0.193 e. The number of hydrogen-bond acceptors (Lipinski definition) is 5. The quantitative estimate of drug-likeness (QED) is 0.633. The Kier molecular flexibility index (Phi) is 2.30. The molecule has 0 spiro atoms. The molecule has 0 aliphatic carbocycles. The molecule has 0 bridgehead atoms. The van der Waals surface area contributed by atoms with Crippen LogP contribution < -0.4 is 0 Å². The van der Waals surface area contributed by atoms with E-state index in [0.717, 1.165) is 0 Å². The number of rotatable bonds is 1. The number of carbonyl (C=O) groups is 1. The van der Waals surface area contributed by atoms with E-state index in [-0.39, 0.29) is 17.3 Å². The van der Waals surface area contributed by atoms with E-state index in [9.17, 15) is 13.2 Å². The summed E-state index contributed by atoms with van der Waals surface area (Å²) in [4.78, 5) is 18.5. The summed E-state index contributed by atoms with van der Waals surface area (Å²) in [5, 5.41) is 0. The van der Waals surface area contributed by atoms with Gasteiger partial charge in [0.25, 0.3) is 0 Å². The fourth-order valence-corrected chi connectivity index (χ4v) is 3.13. The minimum absolute atomic E-state index is 0.00664. The highest BCUT2D eigenvalue weighted by Gasteiger charge is 2.24. The van der Waals surface area contributed by atoms with Crippen LogP contribution in [0.25, 0.3) is 0 Å². The van der Waals surface area contributed by atoms with Crippen molar-refractivity contribution in [3.63, 3.8) is 0 Å². The Morgan fingerprint density at radius 2 is 2.07 bits per heavy atom. The zero-order chi connectivity index (χ0) is 11.1. The first-order valence-corrected chi connectivity index (χ1v) is 6.36. The molecular weight excluding hydrogens is 216 g/mol. The van der Waals surface area contributed by atoms with Gasteiger partial charge in [0.1, 0.15) is 0 Å². The first-order valence-electron chi connectivity index (χ1n) is 4.54. The lowest BCUT2D eigenvalue weighted by atomic mass is 10.1. The molecule has 1 aromatic heterocycles. The molecule has 2 rings (SSSR count). The van der Waals surface area contributed by atoms with Gasteiger partial charge in [0.15, 0.2) is 21.9 Å². The Balaban J connectivity index is 2.57. The van der Waals surface area contributed by atoms with Gasteiger partial charge in [0, 0.05) is 17.7 Å². The molecule has 0 saturated carbocycles. The van der Waals surface area contributed by atoms with E-state index in [0.29, 0.717) is 29.7 Å². The molecule has 1 aliphatic heterocycles. The fraction of sp³-hybridized carbons (Fsp3) is 0.444. The van der Waals surface area contributed by atoms with E-state index in [4.69, 9.17) is 0 Å². The highest BCUT2D eigenvalue weighted by Crippen LogP contribution is 2.20. The summed E-state index contributed by atoms with van der Waals surface area (Å²) in [5.74, 6) is 0.229. The standard InChI is InChI=1S/C9H10N2O3S/c1-6-7-5-15(13,14)3-2-8(7)11-9(4-12)10-6/h4H,2-3,5H2,1H3. The summed E-state index contributed by atoms with van der Waals surface area (Å²) in [6, 6.07) is 0. The summed E-state index contributed by atoms with van der Waals surface area (Å²) < 4.78 is 22.8. The number of sulfone groups is 1. The third kappa shape index (κ3) is 1.90. The molecule has 1 aromatic rings. The van der Waals surface area contributed by atoms with Crippen LogP contribution in [0.3, 0.4) is 0 Å². The van der Waals surface area contributed by atoms with Gasteiger partial charge in [-0.3, -0.25) is 4.79 Å². The van der Waals surface area contributed by atoms with Gasteiger partial charge in [-0.2, -0.15) is 0 Å². The number of carbonyl (C=O) groups excluding carboxylic acids is 1. The van der Waals surface area contributed by atoms with Crippen LogP contribution in [0, 0.1) is 6.92 Å². The van der Waals surface area contributed by atoms with Crippen molar-refractivity contribution >= 4 is 16.1 Å². The Morgan fingerprint density at radius 1 is 1.33 bits per heavy atom. The van der Waals surface area contributed by atoms with E-state index in [1.54, 1.807) is 6.92 Å². The number of aromatic nitrogens is 2. The molecule has 0 N–H and O–H groups in total. The summed E-state index contributed by atoms with van der Waals surface area (Å²) >= 11 is 0. The smallest absolute Gasteiger partial charge is 0.193 e. The van der Waals surface area contributed by atoms with E-state index < -0.39 is 9.84 Å². The molecule has 15 heavy (non-hydrogen) atoms. The molecule has 80 valence electrons. The Hall–Kier alpha value is -1.30. The second-order valence-electron chi connectivity index (χ2n) is 3.55. The molecule has 0 unspecified atom stereocenters. The molecule has 0 fully saturated rings. The zero-order valence-corrected chi connectivity index (χ0v) is 9.04. The molecule has 6 heteroatoms. The number of hydrogen-bond donors (Lipinski definition) is 0. The first-order chi connectivity index (χ1) is 7.02. The second-order valence-corrected chi connectivity index (χ2v) is 5.74. The van der Waals surface area contributed by atoms with Gasteiger partial charge in [-0.15, -0.1) is 0 Å². The first kappa shape index (κ1) is 10.2. The van der Waals surface area contributed by atoms with Gasteiger partial charge in [0.05, 0.1) is 17.2 Å². The second kappa shape index (κ2) is 3.37. The van der Waals surface area contributed by atoms with Crippen molar-refractivity contribution in [2.24, 2.45) is 0 Å². The minimum Gasteiger partial charge on any atom is -0.294 e. The molecule has 0 radical (unpaired) electrons. The number of fused-ring (bicyclic) bond motifs is 1. The Bertz CT molecular complexity index is 522. The minimum atomic E-state index is -3.01. The average molecular weight is 226 g/mol. The van der Waals surface area contributed by atoms with Crippen molar-refractivity contribution in [3.8, 4) is 0 Å². The van der Waals surface area contributed by atoms with Crippen molar-refractivity contribution in [1.82, 2.24) is 9.97 Å². The highest BCUT2D eigenvalue weighted by molar-refractivity contribution is 7.90. The molecule has 0 atom stereocenters. The summed E-state index contributed by atoms with van der Waals surface area (Å²) in [7, 11) is -3.01. The van der Waals surface area contributed by atoms with Gasteiger partial charge in [-0.25, -0.2) is 18.4 Å². The summed E-state index contributed by atoms with van der Waals surface area (Å²) in [5.41, 5.74) is 1.94. The molecular formula is C9H10N2O3S. The van der Waals surface area contributed by atoms with E-state index in [1.807, 2.05) is 0 Å². The number of aryl methyl sites for hydroxylation is 2. The molecule has 2 heterocycles.